The molecule has 1 saturated heterocycles. The van der Waals surface area contributed by atoms with Gasteiger partial charge in [0, 0.05) is 6.04 Å². The third-order valence-corrected chi connectivity index (χ3v) is 2.85. The molecule has 4 nitrogen and oxygen atoms in total. The van der Waals surface area contributed by atoms with Crippen LogP contribution in [0.25, 0.3) is 0 Å². The zero-order chi connectivity index (χ0) is 10.7. The lowest BCUT2D eigenvalue weighted by molar-refractivity contribution is -0.120. The average Bonchev–Trinajstić information content (AvgIpc) is 3.04. The Morgan fingerprint density at radius 2 is 2.07 bits per heavy atom. The van der Waals surface area contributed by atoms with E-state index in [2.05, 4.69) is 10.6 Å². The maximum Gasteiger partial charge on any atom is 0.286 e. The molecule has 1 amide bonds. The molecule has 2 N–H and O–H groups in total. The SMILES string of the molecule is COC(C(=O)NC1CC1)=C1CCNCC1. The molecule has 0 aromatic rings. The molecule has 0 atom stereocenters. The number of carbonyl (C=O) groups excluding carboxylic acids is 1. The number of amides is 1. The van der Waals surface area contributed by atoms with Crippen molar-refractivity contribution in [3.8, 4) is 0 Å². The van der Waals surface area contributed by atoms with Gasteiger partial charge in [-0.3, -0.25) is 4.79 Å². The van der Waals surface area contributed by atoms with Gasteiger partial charge in [-0.2, -0.15) is 0 Å². The molecule has 0 aromatic heterocycles. The highest BCUT2D eigenvalue weighted by atomic mass is 16.5. The Kier molecular flexibility index (Phi) is 3.26. The maximum absolute atomic E-state index is 11.8. The molecule has 1 aliphatic heterocycles. The van der Waals surface area contributed by atoms with Crippen molar-refractivity contribution >= 4 is 5.91 Å². The molecule has 2 aliphatic rings. The van der Waals surface area contributed by atoms with Gasteiger partial charge in [0.15, 0.2) is 5.76 Å². The summed E-state index contributed by atoms with van der Waals surface area (Å²) in [5, 5.41) is 6.22. The highest BCUT2D eigenvalue weighted by Gasteiger charge is 2.26. The van der Waals surface area contributed by atoms with E-state index in [1.807, 2.05) is 0 Å². The maximum atomic E-state index is 11.8. The third-order valence-electron chi connectivity index (χ3n) is 2.85. The van der Waals surface area contributed by atoms with Gasteiger partial charge in [0.2, 0.25) is 0 Å². The standard InChI is InChI=1S/C11H18N2O2/c1-15-10(8-4-6-12-7-5-8)11(14)13-9-2-3-9/h9,12H,2-7H2,1H3,(H,13,14). The Hall–Kier alpha value is -1.03. The van der Waals surface area contributed by atoms with E-state index in [9.17, 15) is 4.79 Å². The first-order valence-electron chi connectivity index (χ1n) is 5.59. The smallest absolute Gasteiger partial charge is 0.286 e. The minimum absolute atomic E-state index is 0.0306. The second kappa shape index (κ2) is 4.66. The Bertz CT molecular complexity index is 274. The van der Waals surface area contributed by atoms with Crippen LogP contribution in [0.1, 0.15) is 25.7 Å². The third kappa shape index (κ3) is 2.72. The van der Waals surface area contributed by atoms with E-state index < -0.39 is 0 Å². The zero-order valence-corrected chi connectivity index (χ0v) is 9.14. The predicted octanol–water partition coefficient (Wildman–Crippen LogP) is 0.549. The molecule has 1 saturated carbocycles. The molecular weight excluding hydrogens is 192 g/mol. The van der Waals surface area contributed by atoms with Crippen molar-refractivity contribution in [2.75, 3.05) is 20.2 Å². The molecule has 0 spiro atoms. The van der Waals surface area contributed by atoms with Crippen LogP contribution in [0.5, 0.6) is 0 Å². The minimum Gasteiger partial charge on any atom is -0.491 e. The first-order valence-corrected chi connectivity index (χ1v) is 5.59. The monoisotopic (exact) mass is 210 g/mol. The van der Waals surface area contributed by atoms with Crippen LogP contribution in [0.15, 0.2) is 11.3 Å². The number of rotatable bonds is 3. The van der Waals surface area contributed by atoms with Gasteiger partial charge >= 0.3 is 0 Å². The summed E-state index contributed by atoms with van der Waals surface area (Å²) in [6, 6.07) is 0.393. The normalized spacial score (nSPS) is 21.0. The van der Waals surface area contributed by atoms with E-state index in [4.69, 9.17) is 4.74 Å². The summed E-state index contributed by atoms with van der Waals surface area (Å²) >= 11 is 0. The molecule has 1 heterocycles. The van der Waals surface area contributed by atoms with Crippen molar-refractivity contribution in [1.82, 2.24) is 10.6 Å². The van der Waals surface area contributed by atoms with Gasteiger partial charge < -0.3 is 15.4 Å². The highest BCUT2D eigenvalue weighted by molar-refractivity contribution is 5.92. The molecule has 0 unspecified atom stereocenters. The Labute approximate surface area is 90.1 Å². The lowest BCUT2D eigenvalue weighted by Gasteiger charge is -2.18. The van der Waals surface area contributed by atoms with E-state index in [-0.39, 0.29) is 5.91 Å². The summed E-state index contributed by atoms with van der Waals surface area (Å²) in [7, 11) is 1.58. The number of piperidine rings is 1. The van der Waals surface area contributed by atoms with E-state index in [1.54, 1.807) is 7.11 Å². The molecule has 0 radical (unpaired) electrons. The molecule has 2 fully saturated rings. The van der Waals surface area contributed by atoms with Gasteiger partial charge in [-0.05, 0) is 44.3 Å². The zero-order valence-electron chi connectivity index (χ0n) is 9.14. The average molecular weight is 210 g/mol. The largest absolute Gasteiger partial charge is 0.491 e. The molecular formula is C11H18N2O2. The van der Waals surface area contributed by atoms with Crippen molar-refractivity contribution in [1.29, 1.82) is 0 Å². The van der Waals surface area contributed by atoms with Gasteiger partial charge in [-0.15, -0.1) is 0 Å². The minimum atomic E-state index is -0.0306. The highest BCUT2D eigenvalue weighted by Crippen LogP contribution is 2.21. The van der Waals surface area contributed by atoms with Crippen LogP contribution in [-0.4, -0.2) is 32.1 Å². The van der Waals surface area contributed by atoms with E-state index in [1.165, 1.54) is 0 Å². The molecule has 84 valence electrons. The first kappa shape index (κ1) is 10.5. The van der Waals surface area contributed by atoms with Crippen LogP contribution in [0.3, 0.4) is 0 Å². The van der Waals surface area contributed by atoms with Crippen LogP contribution < -0.4 is 10.6 Å². The second-order valence-electron chi connectivity index (χ2n) is 4.13. The fraction of sp³-hybridized carbons (Fsp3) is 0.727. The summed E-state index contributed by atoms with van der Waals surface area (Å²) in [5.41, 5.74) is 1.15. The van der Waals surface area contributed by atoms with Crippen molar-refractivity contribution in [2.45, 2.75) is 31.7 Å². The molecule has 2 rings (SSSR count). The topological polar surface area (TPSA) is 50.4 Å². The molecule has 0 aromatic carbocycles. The van der Waals surface area contributed by atoms with Crippen molar-refractivity contribution in [3.05, 3.63) is 11.3 Å². The number of carbonyl (C=O) groups is 1. The Morgan fingerprint density at radius 3 is 2.60 bits per heavy atom. The summed E-state index contributed by atoms with van der Waals surface area (Å²) < 4.78 is 5.22. The number of methoxy groups -OCH3 is 1. The van der Waals surface area contributed by atoms with Crippen LogP contribution in [0, 0.1) is 0 Å². The van der Waals surface area contributed by atoms with Gasteiger partial charge in [0.1, 0.15) is 0 Å². The van der Waals surface area contributed by atoms with Crippen molar-refractivity contribution in [3.63, 3.8) is 0 Å². The van der Waals surface area contributed by atoms with Crippen molar-refractivity contribution < 1.29 is 9.53 Å². The lowest BCUT2D eigenvalue weighted by Crippen LogP contribution is -2.31. The number of hydrogen-bond donors (Lipinski definition) is 2. The summed E-state index contributed by atoms with van der Waals surface area (Å²) in [6.45, 7) is 1.89. The summed E-state index contributed by atoms with van der Waals surface area (Å²) in [5.74, 6) is 0.514. The molecule has 1 aliphatic carbocycles. The van der Waals surface area contributed by atoms with Gasteiger partial charge in [0.05, 0.1) is 7.11 Å². The summed E-state index contributed by atoms with van der Waals surface area (Å²) in [4.78, 5) is 11.8. The quantitative estimate of drug-likeness (QED) is 0.528. The van der Waals surface area contributed by atoms with Crippen LogP contribution >= 0.6 is 0 Å². The van der Waals surface area contributed by atoms with Gasteiger partial charge in [-0.25, -0.2) is 0 Å². The van der Waals surface area contributed by atoms with Gasteiger partial charge in [-0.1, -0.05) is 0 Å². The van der Waals surface area contributed by atoms with Crippen LogP contribution in [-0.2, 0) is 9.53 Å². The summed E-state index contributed by atoms with van der Waals surface area (Å²) in [6.07, 6.45) is 4.06. The predicted molar refractivity (Wildman–Crippen MR) is 57.3 cm³/mol. The number of nitrogens with one attached hydrogen (secondary N) is 2. The molecule has 0 bridgehead atoms. The second-order valence-corrected chi connectivity index (χ2v) is 4.13. The lowest BCUT2D eigenvalue weighted by atomic mass is 10.0. The molecule has 4 heteroatoms. The van der Waals surface area contributed by atoms with E-state index in [0.29, 0.717) is 11.8 Å². The number of ether oxygens (including phenoxy) is 1. The first-order chi connectivity index (χ1) is 7.31. The Balaban J connectivity index is 2.02. The number of hydrogen-bond acceptors (Lipinski definition) is 3. The van der Waals surface area contributed by atoms with Crippen molar-refractivity contribution in [2.24, 2.45) is 0 Å². The Morgan fingerprint density at radius 1 is 1.40 bits per heavy atom. The fourth-order valence-electron chi connectivity index (χ4n) is 1.83. The fourth-order valence-corrected chi connectivity index (χ4v) is 1.83. The van der Waals surface area contributed by atoms with Crippen LogP contribution in [0.4, 0.5) is 0 Å². The molecule has 15 heavy (non-hydrogen) atoms. The van der Waals surface area contributed by atoms with E-state index in [0.717, 1.165) is 44.3 Å². The van der Waals surface area contributed by atoms with Gasteiger partial charge in [0.25, 0.3) is 5.91 Å². The van der Waals surface area contributed by atoms with Crippen LogP contribution in [0.2, 0.25) is 0 Å². The van der Waals surface area contributed by atoms with E-state index >= 15 is 0 Å².